The highest BCUT2D eigenvalue weighted by Crippen LogP contribution is 2.15. The molecule has 0 unspecified atom stereocenters. The Hall–Kier alpha value is -1.68. The molecular formula is C13H16N4. The third-order valence-electron chi connectivity index (χ3n) is 3.10. The minimum atomic E-state index is 0.962. The molecule has 0 bridgehead atoms. The molecule has 17 heavy (non-hydrogen) atoms. The van der Waals surface area contributed by atoms with Gasteiger partial charge >= 0.3 is 0 Å². The van der Waals surface area contributed by atoms with Crippen LogP contribution in [0.5, 0.6) is 0 Å². The number of nitrogens with zero attached hydrogens (tertiary/aromatic N) is 3. The Morgan fingerprint density at radius 2 is 1.94 bits per heavy atom. The van der Waals surface area contributed by atoms with Crippen LogP contribution in [0, 0.1) is 0 Å². The van der Waals surface area contributed by atoms with Gasteiger partial charge in [-0.2, -0.15) is 0 Å². The molecule has 1 N–H and O–H groups in total. The van der Waals surface area contributed by atoms with Gasteiger partial charge in [0.1, 0.15) is 5.82 Å². The fraction of sp³-hybridized carbons (Fsp3) is 0.385. The van der Waals surface area contributed by atoms with Crippen LogP contribution in [0.25, 0.3) is 11.0 Å². The van der Waals surface area contributed by atoms with E-state index in [4.69, 9.17) is 0 Å². The van der Waals surface area contributed by atoms with Crippen LogP contribution in [0.2, 0.25) is 0 Å². The average molecular weight is 228 g/mol. The smallest absolute Gasteiger partial charge is 0.147 e. The first kappa shape index (κ1) is 10.5. The third-order valence-corrected chi connectivity index (χ3v) is 3.10. The highest BCUT2D eigenvalue weighted by atomic mass is 15.2. The number of nitrogens with one attached hydrogen (secondary N) is 1. The minimum Gasteiger partial charge on any atom is -0.354 e. The molecule has 1 saturated heterocycles. The second-order valence-electron chi connectivity index (χ2n) is 4.31. The van der Waals surface area contributed by atoms with Gasteiger partial charge in [0.15, 0.2) is 0 Å². The summed E-state index contributed by atoms with van der Waals surface area (Å²) in [6, 6.07) is 8.01. The van der Waals surface area contributed by atoms with Crippen molar-refractivity contribution in [2.45, 2.75) is 6.42 Å². The predicted octanol–water partition coefficient (Wildman–Crippen LogP) is 1.43. The molecule has 2 aromatic rings. The monoisotopic (exact) mass is 228 g/mol. The fourth-order valence-electron chi connectivity index (χ4n) is 2.17. The Bertz CT molecular complexity index is 504. The summed E-state index contributed by atoms with van der Waals surface area (Å²) >= 11 is 0. The Morgan fingerprint density at radius 1 is 1.06 bits per heavy atom. The fourth-order valence-corrected chi connectivity index (χ4v) is 2.17. The maximum Gasteiger partial charge on any atom is 0.147 e. The van der Waals surface area contributed by atoms with Gasteiger partial charge in [-0.3, -0.25) is 4.98 Å². The topological polar surface area (TPSA) is 41.1 Å². The van der Waals surface area contributed by atoms with Crippen molar-refractivity contribution in [1.29, 1.82) is 0 Å². The zero-order valence-electron chi connectivity index (χ0n) is 9.76. The van der Waals surface area contributed by atoms with Crippen molar-refractivity contribution in [3.8, 4) is 0 Å². The standard InChI is InChI=1S/C13H16N4/c1-2-5-12-11(4-1)15-10-13(16-12)17-8-3-6-14-7-9-17/h1-2,4-5,10,14H,3,6-9H2. The highest BCUT2D eigenvalue weighted by Gasteiger charge is 2.11. The zero-order valence-corrected chi connectivity index (χ0v) is 9.76. The van der Waals surface area contributed by atoms with Crippen molar-refractivity contribution >= 4 is 16.9 Å². The molecule has 0 saturated carbocycles. The molecule has 1 aliphatic rings. The van der Waals surface area contributed by atoms with Crippen LogP contribution in [0.15, 0.2) is 30.5 Å². The van der Waals surface area contributed by atoms with Crippen LogP contribution in [-0.4, -0.2) is 36.1 Å². The Labute approximate surface area is 101 Å². The molecule has 0 spiro atoms. The summed E-state index contributed by atoms with van der Waals surface area (Å²) in [5.41, 5.74) is 1.94. The average Bonchev–Trinajstić information content (AvgIpc) is 2.67. The molecule has 1 fully saturated rings. The lowest BCUT2D eigenvalue weighted by molar-refractivity contribution is 0.724. The number of para-hydroxylation sites is 2. The number of hydrogen-bond acceptors (Lipinski definition) is 4. The summed E-state index contributed by atoms with van der Waals surface area (Å²) in [5, 5.41) is 3.39. The van der Waals surface area contributed by atoms with E-state index in [0.717, 1.165) is 49.5 Å². The van der Waals surface area contributed by atoms with Crippen LogP contribution in [0.1, 0.15) is 6.42 Å². The van der Waals surface area contributed by atoms with Gasteiger partial charge in [0.25, 0.3) is 0 Å². The van der Waals surface area contributed by atoms with Gasteiger partial charge in [0.05, 0.1) is 17.2 Å². The van der Waals surface area contributed by atoms with Crippen LogP contribution in [0.3, 0.4) is 0 Å². The van der Waals surface area contributed by atoms with Gasteiger partial charge in [0, 0.05) is 19.6 Å². The summed E-state index contributed by atoms with van der Waals surface area (Å²) in [6.45, 7) is 4.18. The maximum absolute atomic E-state index is 4.68. The van der Waals surface area contributed by atoms with Gasteiger partial charge in [0.2, 0.25) is 0 Å². The number of aromatic nitrogens is 2. The number of rotatable bonds is 1. The van der Waals surface area contributed by atoms with E-state index in [1.807, 2.05) is 30.5 Å². The van der Waals surface area contributed by atoms with Gasteiger partial charge in [-0.15, -0.1) is 0 Å². The predicted molar refractivity (Wildman–Crippen MR) is 69.2 cm³/mol. The molecule has 2 heterocycles. The van der Waals surface area contributed by atoms with Crippen LogP contribution >= 0.6 is 0 Å². The second kappa shape index (κ2) is 4.67. The van der Waals surface area contributed by atoms with Crippen molar-refractivity contribution in [2.24, 2.45) is 0 Å². The molecule has 3 rings (SSSR count). The van der Waals surface area contributed by atoms with Crippen molar-refractivity contribution in [1.82, 2.24) is 15.3 Å². The molecule has 1 aromatic heterocycles. The second-order valence-corrected chi connectivity index (χ2v) is 4.31. The molecule has 4 nitrogen and oxygen atoms in total. The molecule has 1 aromatic carbocycles. The minimum absolute atomic E-state index is 0.962. The number of hydrogen-bond donors (Lipinski definition) is 1. The van der Waals surface area contributed by atoms with E-state index >= 15 is 0 Å². The molecule has 0 aliphatic carbocycles. The van der Waals surface area contributed by atoms with E-state index < -0.39 is 0 Å². The molecule has 1 aliphatic heterocycles. The van der Waals surface area contributed by atoms with Gasteiger partial charge in [-0.1, -0.05) is 12.1 Å². The lowest BCUT2D eigenvalue weighted by atomic mass is 10.3. The number of anilines is 1. The van der Waals surface area contributed by atoms with E-state index in [9.17, 15) is 0 Å². The lowest BCUT2D eigenvalue weighted by Crippen LogP contribution is -2.28. The first-order valence-corrected chi connectivity index (χ1v) is 6.11. The van der Waals surface area contributed by atoms with E-state index in [1.54, 1.807) is 0 Å². The maximum atomic E-state index is 4.68. The van der Waals surface area contributed by atoms with Gasteiger partial charge in [-0.25, -0.2) is 4.98 Å². The molecule has 4 heteroatoms. The van der Waals surface area contributed by atoms with E-state index in [0.29, 0.717) is 0 Å². The SMILES string of the molecule is c1ccc2nc(N3CCCNCC3)cnc2c1. The lowest BCUT2D eigenvalue weighted by Gasteiger charge is -2.20. The van der Waals surface area contributed by atoms with Crippen molar-refractivity contribution in [2.75, 3.05) is 31.1 Å². The van der Waals surface area contributed by atoms with Crippen molar-refractivity contribution < 1.29 is 0 Å². The highest BCUT2D eigenvalue weighted by molar-refractivity contribution is 5.75. The molecular weight excluding hydrogens is 212 g/mol. The third kappa shape index (κ3) is 2.22. The summed E-state index contributed by atoms with van der Waals surface area (Å²) < 4.78 is 0. The normalized spacial score (nSPS) is 17.1. The quantitative estimate of drug-likeness (QED) is 0.801. The number of benzene rings is 1. The molecule has 0 amide bonds. The molecule has 0 atom stereocenters. The van der Waals surface area contributed by atoms with Gasteiger partial charge < -0.3 is 10.2 Å². The summed E-state index contributed by atoms with van der Waals surface area (Å²) in [4.78, 5) is 11.4. The van der Waals surface area contributed by atoms with Crippen LogP contribution < -0.4 is 10.2 Å². The largest absolute Gasteiger partial charge is 0.354 e. The Morgan fingerprint density at radius 3 is 2.88 bits per heavy atom. The van der Waals surface area contributed by atoms with Crippen molar-refractivity contribution in [3.63, 3.8) is 0 Å². The van der Waals surface area contributed by atoms with Crippen LogP contribution in [0.4, 0.5) is 5.82 Å². The first-order chi connectivity index (χ1) is 8.43. The first-order valence-electron chi connectivity index (χ1n) is 6.11. The summed E-state index contributed by atoms with van der Waals surface area (Å²) in [5.74, 6) is 0.993. The van der Waals surface area contributed by atoms with Crippen LogP contribution in [-0.2, 0) is 0 Å². The number of fused-ring (bicyclic) bond motifs is 1. The van der Waals surface area contributed by atoms with Crippen molar-refractivity contribution in [3.05, 3.63) is 30.5 Å². The molecule has 88 valence electrons. The summed E-state index contributed by atoms with van der Waals surface area (Å²) in [7, 11) is 0. The van der Waals surface area contributed by atoms with E-state index in [1.165, 1.54) is 0 Å². The Kier molecular flexibility index (Phi) is 2.88. The van der Waals surface area contributed by atoms with Gasteiger partial charge in [-0.05, 0) is 25.1 Å². The zero-order chi connectivity index (χ0) is 11.5. The molecule has 0 radical (unpaired) electrons. The van der Waals surface area contributed by atoms with E-state index in [2.05, 4.69) is 20.2 Å². The van der Waals surface area contributed by atoms with E-state index in [-0.39, 0.29) is 0 Å². The Balaban J connectivity index is 1.93. The summed E-state index contributed by atoms with van der Waals surface area (Å²) in [6.07, 6.45) is 3.04.